The first-order chi connectivity index (χ1) is 5.74. The first-order valence-corrected chi connectivity index (χ1v) is 3.60. The van der Waals surface area contributed by atoms with Crippen LogP contribution in [0.25, 0.3) is 6.08 Å². The van der Waals surface area contributed by atoms with E-state index >= 15 is 0 Å². The predicted octanol–water partition coefficient (Wildman–Crippen LogP) is 1.47. The summed E-state index contributed by atoms with van der Waals surface area (Å²) in [5.41, 5.74) is 5.51. The van der Waals surface area contributed by atoms with Gasteiger partial charge in [0.05, 0.1) is 11.8 Å². The molecule has 1 rings (SSSR count). The SMILES string of the molecule is N#CC(=Cc1ccco1)C(N)=S. The maximum Gasteiger partial charge on any atom is 0.128 e. The van der Waals surface area contributed by atoms with Crippen LogP contribution in [-0.2, 0) is 0 Å². The van der Waals surface area contributed by atoms with Crippen molar-refractivity contribution in [1.82, 2.24) is 0 Å². The smallest absolute Gasteiger partial charge is 0.128 e. The molecule has 1 aromatic rings. The van der Waals surface area contributed by atoms with Crippen LogP contribution in [0.4, 0.5) is 0 Å². The van der Waals surface area contributed by atoms with Gasteiger partial charge in [-0.2, -0.15) is 5.26 Å². The molecule has 4 heteroatoms. The van der Waals surface area contributed by atoms with E-state index in [1.807, 2.05) is 6.07 Å². The number of nitrogens with two attached hydrogens (primary N) is 1. The van der Waals surface area contributed by atoms with Crippen molar-refractivity contribution in [3.8, 4) is 6.07 Å². The summed E-state index contributed by atoms with van der Waals surface area (Å²) in [6.07, 6.45) is 3.02. The summed E-state index contributed by atoms with van der Waals surface area (Å²) in [7, 11) is 0. The fourth-order valence-electron chi connectivity index (χ4n) is 0.674. The van der Waals surface area contributed by atoms with Crippen molar-refractivity contribution in [3.63, 3.8) is 0 Å². The minimum Gasteiger partial charge on any atom is -0.465 e. The van der Waals surface area contributed by atoms with Crippen molar-refractivity contribution in [2.45, 2.75) is 0 Å². The zero-order valence-corrected chi connectivity index (χ0v) is 6.97. The second kappa shape index (κ2) is 3.69. The molecule has 1 heterocycles. The van der Waals surface area contributed by atoms with Gasteiger partial charge in [0.2, 0.25) is 0 Å². The highest BCUT2D eigenvalue weighted by atomic mass is 32.1. The van der Waals surface area contributed by atoms with Gasteiger partial charge in [-0.25, -0.2) is 0 Å². The molecule has 0 bridgehead atoms. The lowest BCUT2D eigenvalue weighted by Crippen LogP contribution is -2.09. The van der Waals surface area contributed by atoms with Crippen LogP contribution in [0.5, 0.6) is 0 Å². The van der Waals surface area contributed by atoms with E-state index < -0.39 is 0 Å². The summed E-state index contributed by atoms with van der Waals surface area (Å²) in [5, 5.41) is 8.57. The van der Waals surface area contributed by atoms with Crippen molar-refractivity contribution in [1.29, 1.82) is 5.26 Å². The molecule has 0 aromatic carbocycles. The van der Waals surface area contributed by atoms with E-state index in [4.69, 9.17) is 15.4 Å². The van der Waals surface area contributed by atoms with Crippen LogP contribution in [0, 0.1) is 11.3 Å². The van der Waals surface area contributed by atoms with Crippen molar-refractivity contribution in [2.75, 3.05) is 0 Å². The molecule has 3 nitrogen and oxygen atoms in total. The highest BCUT2D eigenvalue weighted by Gasteiger charge is 1.99. The van der Waals surface area contributed by atoms with Gasteiger partial charge in [-0.3, -0.25) is 0 Å². The van der Waals surface area contributed by atoms with E-state index in [0.717, 1.165) is 0 Å². The number of nitrogens with zero attached hydrogens (tertiary/aromatic N) is 1. The second-order valence-corrected chi connectivity index (χ2v) is 2.49. The maximum absolute atomic E-state index is 8.57. The molecule has 0 radical (unpaired) electrons. The molecule has 0 amide bonds. The van der Waals surface area contributed by atoms with E-state index in [1.54, 1.807) is 12.1 Å². The fraction of sp³-hybridized carbons (Fsp3) is 0. The molecule has 1 aromatic heterocycles. The standard InChI is InChI=1S/C8H6N2OS/c9-5-6(8(10)12)4-7-2-1-3-11-7/h1-4H,(H2,10,12). The Morgan fingerprint density at radius 1 is 1.75 bits per heavy atom. The van der Waals surface area contributed by atoms with E-state index in [-0.39, 0.29) is 10.6 Å². The van der Waals surface area contributed by atoms with Gasteiger partial charge in [0.1, 0.15) is 16.8 Å². The molecule has 0 aliphatic carbocycles. The Kier molecular flexibility index (Phi) is 2.62. The third-order valence-corrected chi connectivity index (χ3v) is 1.44. The summed E-state index contributed by atoms with van der Waals surface area (Å²) in [5.74, 6) is 0.569. The maximum atomic E-state index is 8.57. The molecule has 0 fully saturated rings. The van der Waals surface area contributed by atoms with E-state index in [9.17, 15) is 0 Å². The first-order valence-electron chi connectivity index (χ1n) is 3.19. The third kappa shape index (κ3) is 1.94. The monoisotopic (exact) mass is 178 g/mol. The molecule has 0 unspecified atom stereocenters. The minimum absolute atomic E-state index is 0.0777. The average Bonchev–Trinajstić information content (AvgIpc) is 2.51. The van der Waals surface area contributed by atoms with Crippen LogP contribution in [0.2, 0.25) is 0 Å². The third-order valence-electron chi connectivity index (χ3n) is 1.22. The first kappa shape index (κ1) is 8.50. The Morgan fingerprint density at radius 3 is 2.92 bits per heavy atom. The largest absolute Gasteiger partial charge is 0.465 e. The Balaban J connectivity index is 2.95. The number of hydrogen-bond acceptors (Lipinski definition) is 3. The van der Waals surface area contributed by atoms with E-state index in [1.165, 1.54) is 12.3 Å². The summed E-state index contributed by atoms with van der Waals surface area (Å²) < 4.78 is 4.97. The van der Waals surface area contributed by atoms with Crippen LogP contribution in [0.15, 0.2) is 28.4 Å². The van der Waals surface area contributed by atoms with Gasteiger partial charge in [0, 0.05) is 6.08 Å². The number of hydrogen-bond donors (Lipinski definition) is 1. The van der Waals surface area contributed by atoms with Crippen LogP contribution in [0.3, 0.4) is 0 Å². The molecule has 12 heavy (non-hydrogen) atoms. The molecule has 0 spiro atoms. The highest BCUT2D eigenvalue weighted by molar-refractivity contribution is 7.80. The predicted molar refractivity (Wildman–Crippen MR) is 49.1 cm³/mol. The van der Waals surface area contributed by atoms with Crippen LogP contribution >= 0.6 is 12.2 Å². The molecular formula is C8H6N2OS. The molecule has 0 atom stereocenters. The normalized spacial score (nSPS) is 10.8. The van der Waals surface area contributed by atoms with Gasteiger partial charge in [0.15, 0.2) is 0 Å². The lowest BCUT2D eigenvalue weighted by Gasteiger charge is -1.90. The topological polar surface area (TPSA) is 63.0 Å². The number of thiocarbonyl (C=S) groups is 1. The summed E-state index contributed by atoms with van der Waals surface area (Å²) in [6.45, 7) is 0. The second-order valence-electron chi connectivity index (χ2n) is 2.05. The highest BCUT2D eigenvalue weighted by Crippen LogP contribution is 2.06. The van der Waals surface area contributed by atoms with Gasteiger partial charge in [0.25, 0.3) is 0 Å². The lowest BCUT2D eigenvalue weighted by molar-refractivity contribution is 0.557. The molecule has 2 N–H and O–H groups in total. The van der Waals surface area contributed by atoms with Gasteiger partial charge in [-0.1, -0.05) is 12.2 Å². The van der Waals surface area contributed by atoms with Gasteiger partial charge in [-0.15, -0.1) is 0 Å². The van der Waals surface area contributed by atoms with Crippen molar-refractivity contribution in [3.05, 3.63) is 29.7 Å². The van der Waals surface area contributed by atoms with Crippen molar-refractivity contribution >= 4 is 23.3 Å². The van der Waals surface area contributed by atoms with Crippen molar-refractivity contribution in [2.24, 2.45) is 5.73 Å². The number of rotatable bonds is 2. The molecule has 0 saturated carbocycles. The summed E-state index contributed by atoms with van der Waals surface area (Å²) in [6, 6.07) is 5.32. The van der Waals surface area contributed by atoms with Crippen molar-refractivity contribution < 1.29 is 4.42 Å². The lowest BCUT2D eigenvalue weighted by atomic mass is 10.2. The zero-order chi connectivity index (χ0) is 8.97. The minimum atomic E-state index is 0.0777. The molecular weight excluding hydrogens is 172 g/mol. The molecule has 0 saturated heterocycles. The Bertz CT molecular complexity index is 346. The van der Waals surface area contributed by atoms with Gasteiger partial charge < -0.3 is 10.2 Å². The average molecular weight is 178 g/mol. The number of furan rings is 1. The molecule has 0 aliphatic rings. The van der Waals surface area contributed by atoms with Crippen LogP contribution in [-0.4, -0.2) is 4.99 Å². The van der Waals surface area contributed by atoms with Crippen LogP contribution < -0.4 is 5.73 Å². The Labute approximate surface area is 75.1 Å². The summed E-state index contributed by atoms with van der Waals surface area (Å²) >= 11 is 4.63. The van der Waals surface area contributed by atoms with E-state index in [2.05, 4.69) is 12.2 Å². The van der Waals surface area contributed by atoms with Gasteiger partial charge in [-0.05, 0) is 12.1 Å². The molecule has 0 aliphatic heterocycles. The Hall–Kier alpha value is -1.60. The van der Waals surface area contributed by atoms with Gasteiger partial charge >= 0.3 is 0 Å². The summed E-state index contributed by atoms with van der Waals surface area (Å²) in [4.78, 5) is 0.0777. The fourth-order valence-corrected chi connectivity index (χ4v) is 0.779. The quantitative estimate of drug-likeness (QED) is 0.423. The zero-order valence-electron chi connectivity index (χ0n) is 6.15. The van der Waals surface area contributed by atoms with E-state index in [0.29, 0.717) is 5.76 Å². The molecule has 60 valence electrons. The Morgan fingerprint density at radius 2 is 2.50 bits per heavy atom. The van der Waals surface area contributed by atoms with Crippen LogP contribution in [0.1, 0.15) is 5.76 Å². The number of nitriles is 1.